The second kappa shape index (κ2) is 3.54. The largest absolute Gasteiger partial charge is 0.190 e. The van der Waals surface area contributed by atoms with Crippen LogP contribution in [0.2, 0.25) is 0 Å². The molecule has 0 radical (unpaired) electrons. The zero-order valence-electron chi connectivity index (χ0n) is 10.0. The molecule has 0 N–H and O–H groups in total. The van der Waals surface area contributed by atoms with Crippen molar-refractivity contribution in [2.45, 2.75) is 63.5 Å². The SMILES string of the molecule is C1CC1C(N=NC(C1CC1)C1CC1)C1CC1. The van der Waals surface area contributed by atoms with Crippen LogP contribution in [0, 0.1) is 23.7 Å². The molecule has 0 aromatic rings. The van der Waals surface area contributed by atoms with Crippen molar-refractivity contribution in [1.82, 2.24) is 0 Å². The first-order valence-corrected chi connectivity index (χ1v) is 7.32. The molecule has 0 saturated heterocycles. The number of hydrogen-bond donors (Lipinski definition) is 0. The van der Waals surface area contributed by atoms with Gasteiger partial charge < -0.3 is 0 Å². The quantitative estimate of drug-likeness (QED) is 0.606. The molecule has 16 heavy (non-hydrogen) atoms. The van der Waals surface area contributed by atoms with Crippen LogP contribution in [0.3, 0.4) is 0 Å². The van der Waals surface area contributed by atoms with E-state index in [2.05, 4.69) is 0 Å². The summed E-state index contributed by atoms with van der Waals surface area (Å²) in [5.74, 6) is 3.70. The van der Waals surface area contributed by atoms with E-state index in [1.54, 1.807) is 0 Å². The molecule has 0 aromatic heterocycles. The Balaban J connectivity index is 1.42. The van der Waals surface area contributed by atoms with Gasteiger partial charge in [-0.15, -0.1) is 0 Å². The molecule has 0 aromatic carbocycles. The molecule has 4 aliphatic rings. The van der Waals surface area contributed by atoms with Crippen LogP contribution in [0.1, 0.15) is 51.4 Å². The molecule has 2 nitrogen and oxygen atoms in total. The molecule has 0 bridgehead atoms. The van der Waals surface area contributed by atoms with Crippen LogP contribution in [0.25, 0.3) is 0 Å². The minimum absolute atomic E-state index is 0.639. The molecule has 0 unspecified atom stereocenters. The molecule has 0 aliphatic heterocycles. The topological polar surface area (TPSA) is 24.7 Å². The van der Waals surface area contributed by atoms with Crippen LogP contribution < -0.4 is 0 Å². The standard InChI is InChI=1S/C14H22N2/c1-2-9(1)13(10-3-4-10)15-16-14(11-5-6-11)12-7-8-12/h9-14H,1-8H2. The Bertz CT molecular complexity index is 242. The van der Waals surface area contributed by atoms with Crippen LogP contribution in [0.5, 0.6) is 0 Å². The van der Waals surface area contributed by atoms with E-state index in [0.29, 0.717) is 12.1 Å². The van der Waals surface area contributed by atoms with Crippen molar-refractivity contribution in [3.63, 3.8) is 0 Å². The summed E-state index contributed by atoms with van der Waals surface area (Å²) in [4.78, 5) is 0. The summed E-state index contributed by atoms with van der Waals surface area (Å²) >= 11 is 0. The molecule has 0 spiro atoms. The van der Waals surface area contributed by atoms with Gasteiger partial charge in [-0.3, -0.25) is 0 Å². The van der Waals surface area contributed by atoms with Gasteiger partial charge in [-0.25, -0.2) is 0 Å². The lowest BCUT2D eigenvalue weighted by molar-refractivity contribution is 0.447. The van der Waals surface area contributed by atoms with E-state index in [1.807, 2.05) is 0 Å². The molecule has 4 aliphatic carbocycles. The third-order valence-corrected chi connectivity index (χ3v) is 4.75. The van der Waals surface area contributed by atoms with Gasteiger partial charge in [-0.2, -0.15) is 10.2 Å². The highest BCUT2D eigenvalue weighted by molar-refractivity contribution is 4.98. The Hall–Kier alpha value is -0.400. The first-order valence-electron chi connectivity index (χ1n) is 7.32. The van der Waals surface area contributed by atoms with Crippen molar-refractivity contribution in [2.75, 3.05) is 0 Å². The summed E-state index contributed by atoms with van der Waals surface area (Å²) in [6.45, 7) is 0. The van der Waals surface area contributed by atoms with E-state index in [4.69, 9.17) is 10.2 Å². The minimum atomic E-state index is 0.639. The molecule has 2 heteroatoms. The predicted octanol–water partition coefficient (Wildman–Crippen LogP) is 3.82. The van der Waals surface area contributed by atoms with Gasteiger partial charge in [0.25, 0.3) is 0 Å². The highest BCUT2D eigenvalue weighted by Crippen LogP contribution is 2.49. The normalized spacial score (nSPS) is 30.9. The summed E-state index contributed by atoms with van der Waals surface area (Å²) in [7, 11) is 0. The Morgan fingerprint density at radius 1 is 0.500 bits per heavy atom. The Kier molecular flexibility index (Phi) is 2.13. The fraction of sp³-hybridized carbons (Fsp3) is 1.00. The molecule has 4 saturated carbocycles. The average Bonchev–Trinajstić information content (AvgIpc) is 3.10. The van der Waals surface area contributed by atoms with Crippen LogP contribution in [0.4, 0.5) is 0 Å². The summed E-state index contributed by atoms with van der Waals surface area (Å²) < 4.78 is 0. The van der Waals surface area contributed by atoms with Gasteiger partial charge in [0.05, 0.1) is 12.1 Å². The molecule has 88 valence electrons. The lowest BCUT2D eigenvalue weighted by atomic mass is 10.1. The van der Waals surface area contributed by atoms with Crippen LogP contribution in [-0.2, 0) is 0 Å². The first-order chi connectivity index (χ1) is 7.92. The Morgan fingerprint density at radius 3 is 0.938 bits per heavy atom. The van der Waals surface area contributed by atoms with Crippen LogP contribution in [-0.4, -0.2) is 12.1 Å². The molecule has 4 fully saturated rings. The van der Waals surface area contributed by atoms with Crippen LogP contribution in [0.15, 0.2) is 10.2 Å². The second-order valence-corrected chi connectivity index (χ2v) is 6.56. The van der Waals surface area contributed by atoms with Gasteiger partial charge in [-0.05, 0) is 75.0 Å². The Labute approximate surface area is 97.9 Å². The molecule has 0 heterocycles. The van der Waals surface area contributed by atoms with E-state index in [0.717, 1.165) is 23.7 Å². The number of hydrogen-bond acceptors (Lipinski definition) is 2. The van der Waals surface area contributed by atoms with Gasteiger partial charge >= 0.3 is 0 Å². The van der Waals surface area contributed by atoms with E-state index in [1.165, 1.54) is 51.4 Å². The monoisotopic (exact) mass is 218 g/mol. The molecule has 0 amide bonds. The fourth-order valence-electron chi connectivity index (χ4n) is 3.05. The highest BCUT2D eigenvalue weighted by Gasteiger charge is 2.44. The summed E-state index contributed by atoms with van der Waals surface area (Å²) in [6, 6.07) is 1.28. The van der Waals surface area contributed by atoms with Crippen LogP contribution >= 0.6 is 0 Å². The highest BCUT2D eigenvalue weighted by atomic mass is 15.2. The summed E-state index contributed by atoms with van der Waals surface area (Å²) in [6.07, 6.45) is 11.4. The van der Waals surface area contributed by atoms with Crippen molar-refractivity contribution in [2.24, 2.45) is 33.9 Å². The number of azo groups is 1. The van der Waals surface area contributed by atoms with E-state index >= 15 is 0 Å². The lowest BCUT2D eigenvalue weighted by Crippen LogP contribution is -2.13. The Morgan fingerprint density at radius 2 is 0.750 bits per heavy atom. The first kappa shape index (κ1) is 9.61. The van der Waals surface area contributed by atoms with Gasteiger partial charge in [-0.1, -0.05) is 0 Å². The lowest BCUT2D eigenvalue weighted by Gasteiger charge is -2.12. The zero-order chi connectivity index (χ0) is 10.5. The van der Waals surface area contributed by atoms with Gasteiger partial charge in [0, 0.05) is 0 Å². The van der Waals surface area contributed by atoms with E-state index in [9.17, 15) is 0 Å². The van der Waals surface area contributed by atoms with E-state index in [-0.39, 0.29) is 0 Å². The minimum Gasteiger partial charge on any atom is -0.190 e. The number of rotatable bonds is 6. The maximum Gasteiger partial charge on any atom is 0.0764 e. The smallest absolute Gasteiger partial charge is 0.0764 e. The van der Waals surface area contributed by atoms with Gasteiger partial charge in [0.15, 0.2) is 0 Å². The second-order valence-electron chi connectivity index (χ2n) is 6.56. The molecular formula is C14H22N2. The van der Waals surface area contributed by atoms with E-state index < -0.39 is 0 Å². The van der Waals surface area contributed by atoms with Gasteiger partial charge in [0.2, 0.25) is 0 Å². The van der Waals surface area contributed by atoms with Crippen molar-refractivity contribution in [3.8, 4) is 0 Å². The predicted molar refractivity (Wildman–Crippen MR) is 63.3 cm³/mol. The molecule has 4 rings (SSSR count). The summed E-state index contributed by atoms with van der Waals surface area (Å²) in [5.41, 5.74) is 0. The summed E-state index contributed by atoms with van der Waals surface area (Å²) in [5, 5.41) is 9.59. The molecule has 0 atom stereocenters. The fourth-order valence-corrected chi connectivity index (χ4v) is 3.05. The third-order valence-electron chi connectivity index (χ3n) is 4.75. The van der Waals surface area contributed by atoms with Crippen molar-refractivity contribution in [3.05, 3.63) is 0 Å². The third kappa shape index (κ3) is 2.03. The average molecular weight is 218 g/mol. The molecular weight excluding hydrogens is 196 g/mol. The zero-order valence-corrected chi connectivity index (χ0v) is 10.0. The number of nitrogens with zero attached hydrogens (tertiary/aromatic N) is 2. The van der Waals surface area contributed by atoms with Crippen molar-refractivity contribution >= 4 is 0 Å². The maximum atomic E-state index is 4.80. The maximum absolute atomic E-state index is 4.80. The van der Waals surface area contributed by atoms with Crippen molar-refractivity contribution in [1.29, 1.82) is 0 Å². The van der Waals surface area contributed by atoms with Gasteiger partial charge in [0.1, 0.15) is 0 Å². The van der Waals surface area contributed by atoms with Crippen molar-refractivity contribution < 1.29 is 0 Å².